The summed E-state index contributed by atoms with van der Waals surface area (Å²) in [4.78, 5) is 10.4. The smallest absolute Gasteiger partial charge is 0.214 e. The molecule has 44 valence electrons. The zero-order valence-corrected chi connectivity index (χ0v) is 5.59. The maximum atomic E-state index is 10.4. The van der Waals surface area contributed by atoms with Gasteiger partial charge < -0.3 is 0 Å². The van der Waals surface area contributed by atoms with Gasteiger partial charge in [0.25, 0.3) is 0 Å². The fraction of sp³-hybridized carbons (Fsp3) is 0. The summed E-state index contributed by atoms with van der Waals surface area (Å²) in [6, 6.07) is 0. The molecule has 0 atom stereocenters. The van der Waals surface area contributed by atoms with E-state index in [1.165, 1.54) is 0 Å². The highest BCUT2D eigenvalue weighted by Crippen LogP contribution is 2.08. The van der Waals surface area contributed by atoms with Crippen molar-refractivity contribution in [1.29, 1.82) is 0 Å². The van der Waals surface area contributed by atoms with Crippen molar-refractivity contribution >= 4 is 29.0 Å². The van der Waals surface area contributed by atoms with Crippen molar-refractivity contribution in [3.05, 3.63) is 23.2 Å². The van der Waals surface area contributed by atoms with Gasteiger partial charge in [-0.25, -0.2) is 0 Å². The third-order valence-corrected chi connectivity index (χ3v) is 0.836. The Morgan fingerprint density at radius 2 is 1.38 bits per heavy atom. The second-order valence-corrected chi connectivity index (χ2v) is 2.05. The lowest BCUT2D eigenvalue weighted by Gasteiger charge is -1.88. The van der Waals surface area contributed by atoms with E-state index in [1.807, 2.05) is 0 Å². The lowest BCUT2D eigenvalue weighted by molar-refractivity contribution is -0.111. The molecule has 3 heteroatoms. The Hall–Kier alpha value is -0.270. The van der Waals surface area contributed by atoms with Crippen molar-refractivity contribution in [3.63, 3.8) is 0 Å². The Bertz CT molecular complexity index is 133. The van der Waals surface area contributed by atoms with Crippen LogP contribution in [-0.2, 0) is 4.79 Å². The standard InChI is InChI=1S/C5H4Cl2O/c1-3(6)5(8)4(2)7/h1-2H2. The van der Waals surface area contributed by atoms with Gasteiger partial charge >= 0.3 is 0 Å². The van der Waals surface area contributed by atoms with Crippen LogP contribution in [0.25, 0.3) is 0 Å². The number of carbonyl (C=O) groups is 1. The minimum Gasteiger partial charge on any atom is -0.287 e. The highest BCUT2D eigenvalue weighted by atomic mass is 35.5. The summed E-state index contributed by atoms with van der Waals surface area (Å²) in [6.07, 6.45) is 0. The van der Waals surface area contributed by atoms with Crippen molar-refractivity contribution < 1.29 is 4.79 Å². The van der Waals surface area contributed by atoms with Gasteiger partial charge in [-0.2, -0.15) is 0 Å². The fourth-order valence-corrected chi connectivity index (χ4v) is 0.424. The quantitative estimate of drug-likeness (QED) is 0.552. The number of allylic oxidation sites excluding steroid dienone is 2. The van der Waals surface area contributed by atoms with Crippen LogP contribution in [0.15, 0.2) is 23.2 Å². The second-order valence-electron chi connectivity index (χ2n) is 1.14. The van der Waals surface area contributed by atoms with Gasteiger partial charge in [0.05, 0.1) is 10.1 Å². The maximum absolute atomic E-state index is 10.4. The maximum Gasteiger partial charge on any atom is 0.214 e. The molecule has 0 spiro atoms. The first-order valence-corrected chi connectivity index (χ1v) is 2.55. The molecule has 0 aromatic carbocycles. The Labute approximate surface area is 57.6 Å². The zero-order chi connectivity index (χ0) is 6.73. The molecule has 8 heavy (non-hydrogen) atoms. The van der Waals surface area contributed by atoms with Crippen molar-refractivity contribution in [2.45, 2.75) is 0 Å². The predicted octanol–water partition coefficient (Wildman–Crippen LogP) is 2.06. The van der Waals surface area contributed by atoms with E-state index in [4.69, 9.17) is 23.2 Å². The van der Waals surface area contributed by atoms with Crippen LogP contribution in [0, 0.1) is 0 Å². The van der Waals surface area contributed by atoms with Gasteiger partial charge in [-0.3, -0.25) is 4.79 Å². The lowest BCUT2D eigenvalue weighted by atomic mass is 10.4. The molecule has 0 fully saturated rings. The summed E-state index contributed by atoms with van der Waals surface area (Å²) in [5.41, 5.74) is 0. The number of halogens is 2. The number of rotatable bonds is 2. The molecular formula is C5H4Cl2O. The van der Waals surface area contributed by atoms with Gasteiger partial charge in [-0.1, -0.05) is 36.4 Å². The van der Waals surface area contributed by atoms with Gasteiger partial charge in [0.15, 0.2) is 0 Å². The van der Waals surface area contributed by atoms with E-state index in [2.05, 4.69) is 13.2 Å². The molecule has 0 amide bonds. The van der Waals surface area contributed by atoms with E-state index in [-0.39, 0.29) is 10.1 Å². The molecule has 0 bridgehead atoms. The number of Topliss-reactive ketones (excluding diaryl/α,β-unsaturated/α-hetero) is 1. The van der Waals surface area contributed by atoms with E-state index < -0.39 is 5.78 Å². The Morgan fingerprint density at radius 1 is 1.12 bits per heavy atom. The molecule has 0 N–H and O–H groups in total. The van der Waals surface area contributed by atoms with Crippen LogP contribution in [0.4, 0.5) is 0 Å². The van der Waals surface area contributed by atoms with E-state index in [9.17, 15) is 4.79 Å². The molecule has 0 aromatic rings. The molecule has 0 saturated carbocycles. The molecule has 0 unspecified atom stereocenters. The average Bonchev–Trinajstić information content (AvgIpc) is 1.64. The second kappa shape index (κ2) is 2.90. The minimum absolute atomic E-state index is 0.106. The molecule has 0 aliphatic rings. The molecule has 0 heterocycles. The molecule has 0 aromatic heterocycles. The largest absolute Gasteiger partial charge is 0.287 e. The van der Waals surface area contributed by atoms with Gasteiger partial charge in [0, 0.05) is 0 Å². The van der Waals surface area contributed by atoms with E-state index in [0.29, 0.717) is 0 Å². The van der Waals surface area contributed by atoms with Crippen LogP contribution >= 0.6 is 23.2 Å². The van der Waals surface area contributed by atoms with Gasteiger partial charge in [0.2, 0.25) is 5.78 Å². The number of carbonyl (C=O) groups excluding carboxylic acids is 1. The first kappa shape index (κ1) is 7.73. The SMILES string of the molecule is C=C(Cl)C(=O)C(=C)Cl. The molecule has 0 rings (SSSR count). The molecule has 1 nitrogen and oxygen atoms in total. The zero-order valence-electron chi connectivity index (χ0n) is 4.08. The molecule has 0 radical (unpaired) electrons. The number of ketones is 1. The Kier molecular flexibility index (Phi) is 2.80. The first-order chi connectivity index (χ1) is 3.55. The Balaban J connectivity index is 4.05. The van der Waals surface area contributed by atoms with E-state index >= 15 is 0 Å². The van der Waals surface area contributed by atoms with Crippen LogP contribution in [0.1, 0.15) is 0 Å². The van der Waals surface area contributed by atoms with Crippen molar-refractivity contribution in [1.82, 2.24) is 0 Å². The van der Waals surface area contributed by atoms with Gasteiger partial charge in [-0.15, -0.1) is 0 Å². The monoisotopic (exact) mass is 150 g/mol. The summed E-state index contributed by atoms with van der Waals surface area (Å²) >= 11 is 10.3. The van der Waals surface area contributed by atoms with Crippen LogP contribution in [0.5, 0.6) is 0 Å². The predicted molar refractivity (Wildman–Crippen MR) is 35.0 cm³/mol. The summed E-state index contributed by atoms with van der Waals surface area (Å²) in [7, 11) is 0. The fourth-order valence-electron chi connectivity index (χ4n) is 0.147. The van der Waals surface area contributed by atoms with E-state index in [1.54, 1.807) is 0 Å². The molecule has 0 saturated heterocycles. The number of hydrogen-bond acceptors (Lipinski definition) is 1. The lowest BCUT2D eigenvalue weighted by Crippen LogP contribution is -1.93. The van der Waals surface area contributed by atoms with Crippen molar-refractivity contribution in [3.8, 4) is 0 Å². The molecular weight excluding hydrogens is 147 g/mol. The molecule has 0 aliphatic heterocycles. The van der Waals surface area contributed by atoms with Crippen molar-refractivity contribution in [2.75, 3.05) is 0 Å². The first-order valence-electron chi connectivity index (χ1n) is 1.79. The van der Waals surface area contributed by atoms with Crippen LogP contribution in [-0.4, -0.2) is 5.78 Å². The normalized spacial score (nSPS) is 8.25. The summed E-state index contributed by atoms with van der Waals surface area (Å²) < 4.78 is 0. The summed E-state index contributed by atoms with van der Waals surface area (Å²) in [5.74, 6) is -0.506. The van der Waals surface area contributed by atoms with E-state index in [0.717, 1.165) is 0 Å². The average molecular weight is 151 g/mol. The summed E-state index contributed by atoms with van der Waals surface area (Å²) in [5, 5.41) is -0.213. The van der Waals surface area contributed by atoms with Crippen LogP contribution in [0.3, 0.4) is 0 Å². The third kappa shape index (κ3) is 2.15. The highest BCUT2D eigenvalue weighted by molar-refractivity contribution is 6.54. The third-order valence-electron chi connectivity index (χ3n) is 0.493. The minimum atomic E-state index is -0.506. The van der Waals surface area contributed by atoms with Crippen molar-refractivity contribution in [2.24, 2.45) is 0 Å². The summed E-state index contributed by atoms with van der Waals surface area (Å²) in [6.45, 7) is 6.29. The van der Waals surface area contributed by atoms with Crippen LogP contribution < -0.4 is 0 Å². The Morgan fingerprint density at radius 3 is 1.38 bits per heavy atom. The van der Waals surface area contributed by atoms with Crippen LogP contribution in [0.2, 0.25) is 0 Å². The topological polar surface area (TPSA) is 17.1 Å². The van der Waals surface area contributed by atoms with Gasteiger partial charge in [0.1, 0.15) is 0 Å². The highest BCUT2D eigenvalue weighted by Gasteiger charge is 2.04. The number of hydrogen-bond donors (Lipinski definition) is 0. The molecule has 0 aliphatic carbocycles. The van der Waals surface area contributed by atoms with Gasteiger partial charge in [-0.05, 0) is 0 Å².